The molecule has 1 fully saturated rings. The van der Waals surface area contributed by atoms with Gasteiger partial charge in [-0.2, -0.15) is 13.2 Å². The minimum atomic E-state index is -4.40. The molecule has 0 atom stereocenters. The molecular formula is C20H30ClF3N2O2. The Morgan fingerprint density at radius 2 is 1.82 bits per heavy atom. The van der Waals surface area contributed by atoms with E-state index in [1.165, 1.54) is 12.1 Å². The molecule has 1 heterocycles. The molecule has 4 nitrogen and oxygen atoms in total. The monoisotopic (exact) mass is 422 g/mol. The van der Waals surface area contributed by atoms with E-state index in [0.29, 0.717) is 44.5 Å². The number of nitrogens with two attached hydrogens (primary N) is 1. The lowest BCUT2D eigenvalue weighted by Gasteiger charge is -2.39. The average Bonchev–Trinajstić information content (AvgIpc) is 2.68. The Hall–Kier alpha value is -1.31. The second-order valence-electron chi connectivity index (χ2n) is 7.35. The maximum atomic E-state index is 13.2. The van der Waals surface area contributed by atoms with E-state index in [-0.39, 0.29) is 31.4 Å². The maximum absolute atomic E-state index is 13.2. The fourth-order valence-corrected chi connectivity index (χ4v) is 3.74. The molecule has 1 aliphatic rings. The van der Waals surface area contributed by atoms with Gasteiger partial charge in [-0.3, -0.25) is 4.79 Å². The third-order valence-electron chi connectivity index (χ3n) is 6.07. The molecule has 0 unspecified atom stereocenters. The van der Waals surface area contributed by atoms with Gasteiger partial charge in [0, 0.05) is 31.7 Å². The Morgan fingerprint density at radius 3 is 2.32 bits per heavy atom. The van der Waals surface area contributed by atoms with Crippen LogP contribution in [0.3, 0.4) is 0 Å². The Morgan fingerprint density at radius 1 is 1.21 bits per heavy atom. The molecule has 3 N–H and O–H groups in total. The summed E-state index contributed by atoms with van der Waals surface area (Å²) in [6.07, 6.45) is -2.05. The van der Waals surface area contributed by atoms with Crippen molar-refractivity contribution in [3.8, 4) is 0 Å². The van der Waals surface area contributed by atoms with Gasteiger partial charge >= 0.3 is 6.18 Å². The first kappa shape index (κ1) is 24.7. The fraction of sp³-hybridized carbons (Fsp3) is 0.650. The van der Waals surface area contributed by atoms with E-state index in [2.05, 4.69) is 5.32 Å². The van der Waals surface area contributed by atoms with E-state index >= 15 is 0 Å². The van der Waals surface area contributed by atoms with Gasteiger partial charge in [0.15, 0.2) is 0 Å². The van der Waals surface area contributed by atoms with Crippen molar-refractivity contribution >= 4 is 18.3 Å². The number of benzene rings is 1. The zero-order valence-corrected chi connectivity index (χ0v) is 17.2. The minimum Gasteiger partial charge on any atom is -0.381 e. The quantitative estimate of drug-likeness (QED) is 0.696. The Labute approximate surface area is 170 Å². The second kappa shape index (κ2) is 9.94. The van der Waals surface area contributed by atoms with Crippen molar-refractivity contribution in [3.05, 3.63) is 35.4 Å². The van der Waals surface area contributed by atoms with Crippen molar-refractivity contribution in [2.24, 2.45) is 11.1 Å². The third-order valence-corrected chi connectivity index (χ3v) is 6.07. The lowest BCUT2D eigenvalue weighted by Crippen LogP contribution is -2.51. The molecule has 1 aromatic carbocycles. The van der Waals surface area contributed by atoms with E-state index in [0.717, 1.165) is 6.07 Å². The first-order valence-electron chi connectivity index (χ1n) is 9.47. The number of hydrogen-bond acceptors (Lipinski definition) is 3. The van der Waals surface area contributed by atoms with Crippen LogP contribution in [0.4, 0.5) is 13.2 Å². The van der Waals surface area contributed by atoms with Crippen LogP contribution in [0.25, 0.3) is 0 Å². The van der Waals surface area contributed by atoms with Gasteiger partial charge < -0.3 is 15.8 Å². The Kier molecular flexibility index (Phi) is 8.78. The van der Waals surface area contributed by atoms with Crippen molar-refractivity contribution in [1.29, 1.82) is 0 Å². The highest BCUT2D eigenvalue weighted by Crippen LogP contribution is 2.38. The van der Waals surface area contributed by atoms with Crippen LogP contribution in [0.5, 0.6) is 0 Å². The van der Waals surface area contributed by atoms with Gasteiger partial charge in [-0.05, 0) is 37.3 Å². The van der Waals surface area contributed by atoms with Crippen LogP contribution in [0, 0.1) is 5.41 Å². The topological polar surface area (TPSA) is 64.4 Å². The standard InChI is InChI=1S/C20H29F3N2O2.ClH/c1-3-18(4-2,13-24)17(26)25-14-19(8-10-27-11-9-19)15-6-5-7-16(12-15)20(21,22)23;/h5-7,12H,3-4,8-11,13-14,24H2,1-2H3,(H,25,26);1H. The summed E-state index contributed by atoms with van der Waals surface area (Å²) < 4.78 is 44.9. The van der Waals surface area contributed by atoms with Gasteiger partial charge in [0.1, 0.15) is 0 Å². The predicted octanol–water partition coefficient (Wildman–Crippen LogP) is 4.06. The summed E-state index contributed by atoms with van der Waals surface area (Å²) in [7, 11) is 0. The predicted molar refractivity (Wildman–Crippen MR) is 106 cm³/mol. The van der Waals surface area contributed by atoms with E-state index < -0.39 is 22.6 Å². The van der Waals surface area contributed by atoms with Gasteiger partial charge in [-0.25, -0.2) is 0 Å². The van der Waals surface area contributed by atoms with Crippen molar-refractivity contribution in [2.75, 3.05) is 26.3 Å². The number of alkyl halides is 3. The highest BCUT2D eigenvalue weighted by Gasteiger charge is 2.40. The van der Waals surface area contributed by atoms with E-state index in [1.54, 1.807) is 6.07 Å². The second-order valence-corrected chi connectivity index (χ2v) is 7.35. The van der Waals surface area contributed by atoms with Gasteiger partial charge in [0.25, 0.3) is 0 Å². The molecule has 8 heteroatoms. The molecule has 1 aromatic rings. The molecule has 0 radical (unpaired) electrons. The number of amides is 1. The molecule has 28 heavy (non-hydrogen) atoms. The van der Waals surface area contributed by atoms with Gasteiger partial charge in [0.05, 0.1) is 11.0 Å². The van der Waals surface area contributed by atoms with Crippen LogP contribution in [-0.4, -0.2) is 32.2 Å². The Balaban J connectivity index is 0.00000392. The van der Waals surface area contributed by atoms with Crippen LogP contribution in [0.1, 0.15) is 50.7 Å². The zero-order chi connectivity index (χ0) is 20.1. The third kappa shape index (κ3) is 5.19. The van der Waals surface area contributed by atoms with Crippen LogP contribution >= 0.6 is 12.4 Å². The minimum absolute atomic E-state index is 0. The summed E-state index contributed by atoms with van der Waals surface area (Å²) in [5.41, 5.74) is 4.55. The van der Waals surface area contributed by atoms with Crippen LogP contribution in [0.2, 0.25) is 0 Å². The zero-order valence-electron chi connectivity index (χ0n) is 16.4. The van der Waals surface area contributed by atoms with E-state index in [1.807, 2.05) is 13.8 Å². The highest BCUT2D eigenvalue weighted by atomic mass is 35.5. The molecule has 0 bridgehead atoms. The van der Waals surface area contributed by atoms with Crippen molar-refractivity contribution in [1.82, 2.24) is 5.32 Å². The summed E-state index contributed by atoms with van der Waals surface area (Å²) in [5, 5.41) is 2.99. The highest BCUT2D eigenvalue weighted by molar-refractivity contribution is 5.85. The lowest BCUT2D eigenvalue weighted by atomic mass is 9.73. The van der Waals surface area contributed by atoms with Crippen LogP contribution in [0.15, 0.2) is 24.3 Å². The van der Waals surface area contributed by atoms with Gasteiger partial charge in [-0.1, -0.05) is 32.0 Å². The Bertz CT molecular complexity index is 634. The number of hydrogen-bond donors (Lipinski definition) is 2. The molecule has 1 aliphatic heterocycles. The molecule has 0 saturated carbocycles. The largest absolute Gasteiger partial charge is 0.416 e. The van der Waals surface area contributed by atoms with E-state index in [9.17, 15) is 18.0 Å². The number of nitrogens with one attached hydrogen (secondary N) is 1. The maximum Gasteiger partial charge on any atom is 0.416 e. The van der Waals surface area contributed by atoms with Crippen molar-refractivity contribution in [3.63, 3.8) is 0 Å². The smallest absolute Gasteiger partial charge is 0.381 e. The van der Waals surface area contributed by atoms with Gasteiger partial charge in [0.2, 0.25) is 5.91 Å². The summed E-state index contributed by atoms with van der Waals surface area (Å²) >= 11 is 0. The summed E-state index contributed by atoms with van der Waals surface area (Å²) in [6.45, 7) is 5.27. The van der Waals surface area contributed by atoms with E-state index in [4.69, 9.17) is 10.5 Å². The van der Waals surface area contributed by atoms with Crippen molar-refractivity contribution < 1.29 is 22.7 Å². The lowest BCUT2D eigenvalue weighted by molar-refractivity contribution is -0.137. The fourth-order valence-electron chi connectivity index (χ4n) is 3.74. The molecular weight excluding hydrogens is 393 g/mol. The number of rotatable bonds is 7. The molecule has 0 aliphatic carbocycles. The summed E-state index contributed by atoms with van der Waals surface area (Å²) in [5.74, 6) is -0.132. The number of carbonyl (C=O) groups is 1. The van der Waals surface area contributed by atoms with Crippen LogP contribution < -0.4 is 11.1 Å². The molecule has 1 saturated heterocycles. The van der Waals surface area contributed by atoms with Crippen molar-refractivity contribution in [2.45, 2.75) is 51.1 Å². The normalized spacial score (nSPS) is 16.9. The summed E-state index contributed by atoms with van der Waals surface area (Å²) in [4.78, 5) is 12.8. The molecule has 0 spiro atoms. The van der Waals surface area contributed by atoms with Crippen LogP contribution in [-0.2, 0) is 21.1 Å². The average molecular weight is 423 g/mol. The first-order chi connectivity index (χ1) is 12.7. The first-order valence-corrected chi connectivity index (χ1v) is 9.47. The van der Waals surface area contributed by atoms with Gasteiger partial charge in [-0.15, -0.1) is 12.4 Å². The molecule has 1 amide bonds. The molecule has 2 rings (SSSR count). The number of ether oxygens (including phenoxy) is 1. The molecule has 160 valence electrons. The number of carbonyl (C=O) groups excluding carboxylic acids is 1. The summed E-state index contributed by atoms with van der Waals surface area (Å²) in [6, 6.07) is 5.41. The number of halogens is 4. The molecule has 0 aromatic heterocycles. The SMILES string of the molecule is CCC(CC)(CN)C(=O)NCC1(c2cccc(C(F)(F)F)c2)CCOCC1.Cl.